The Morgan fingerprint density at radius 1 is 1.29 bits per heavy atom. The van der Waals surface area contributed by atoms with E-state index in [0.717, 1.165) is 24.9 Å². The van der Waals surface area contributed by atoms with Crippen LogP contribution in [-0.2, 0) is 9.59 Å². The van der Waals surface area contributed by atoms with Crippen LogP contribution in [0, 0.1) is 0 Å². The molecule has 0 atom stereocenters. The Kier molecular flexibility index (Phi) is 7.01. The first-order valence-electron chi connectivity index (χ1n) is 6.97. The second-order valence-electron chi connectivity index (χ2n) is 4.77. The highest BCUT2D eigenvalue weighted by Crippen LogP contribution is 2.13. The number of primary amides is 1. The fourth-order valence-corrected chi connectivity index (χ4v) is 1.63. The number of carbonyl (C=O) groups is 2. The number of ether oxygens (including phenoxy) is 1. The first kappa shape index (κ1) is 16.8. The molecule has 1 aromatic carbocycles. The van der Waals surface area contributed by atoms with Gasteiger partial charge in [0.25, 0.3) is 5.91 Å². The highest BCUT2D eigenvalue weighted by molar-refractivity contribution is 5.91. The molecule has 0 saturated carbocycles. The van der Waals surface area contributed by atoms with Crippen LogP contribution in [0.5, 0.6) is 5.75 Å². The van der Waals surface area contributed by atoms with Crippen LogP contribution in [-0.4, -0.2) is 36.9 Å². The van der Waals surface area contributed by atoms with Crippen LogP contribution >= 0.6 is 0 Å². The van der Waals surface area contributed by atoms with Crippen molar-refractivity contribution in [2.24, 2.45) is 5.73 Å². The topological polar surface area (TPSA) is 72.6 Å². The summed E-state index contributed by atoms with van der Waals surface area (Å²) in [4.78, 5) is 24.1. The molecule has 0 bridgehead atoms. The number of hydrogen-bond donors (Lipinski definition) is 1. The molecular weight excluding hydrogens is 268 g/mol. The summed E-state index contributed by atoms with van der Waals surface area (Å²) in [6.07, 6.45) is 5.37. The molecule has 5 heteroatoms. The van der Waals surface area contributed by atoms with Crippen molar-refractivity contribution in [2.45, 2.75) is 19.8 Å². The zero-order chi connectivity index (χ0) is 15.7. The van der Waals surface area contributed by atoms with Gasteiger partial charge in [0.05, 0.1) is 0 Å². The second kappa shape index (κ2) is 8.79. The summed E-state index contributed by atoms with van der Waals surface area (Å²) in [5.74, 6) is 0.0366. The molecule has 0 fully saturated rings. The molecule has 1 aromatic rings. The first-order valence-corrected chi connectivity index (χ1v) is 6.97. The van der Waals surface area contributed by atoms with E-state index in [1.807, 2.05) is 12.1 Å². The number of hydrogen-bond acceptors (Lipinski definition) is 3. The third kappa shape index (κ3) is 6.61. The zero-order valence-electron chi connectivity index (χ0n) is 12.5. The van der Waals surface area contributed by atoms with E-state index >= 15 is 0 Å². The average molecular weight is 290 g/mol. The van der Waals surface area contributed by atoms with Gasteiger partial charge in [0.1, 0.15) is 5.75 Å². The monoisotopic (exact) mass is 290 g/mol. The highest BCUT2D eigenvalue weighted by Gasteiger charge is 2.03. The van der Waals surface area contributed by atoms with Gasteiger partial charge in [-0.2, -0.15) is 0 Å². The molecule has 0 aliphatic rings. The van der Waals surface area contributed by atoms with Crippen molar-refractivity contribution < 1.29 is 14.3 Å². The smallest absolute Gasteiger partial charge is 0.255 e. The molecule has 0 heterocycles. The Balaban J connectivity index is 2.52. The van der Waals surface area contributed by atoms with Crippen LogP contribution in [0.1, 0.15) is 25.3 Å². The zero-order valence-corrected chi connectivity index (χ0v) is 12.5. The SMILES string of the molecule is CCCCN(C)C(=O)/C=C\c1ccc(OCC(N)=O)cc1. The van der Waals surface area contributed by atoms with Crippen LogP contribution in [0.15, 0.2) is 30.3 Å². The van der Waals surface area contributed by atoms with Crippen molar-refractivity contribution >= 4 is 17.9 Å². The molecule has 0 saturated heterocycles. The minimum atomic E-state index is -0.514. The summed E-state index contributed by atoms with van der Waals surface area (Å²) in [5, 5.41) is 0. The molecule has 0 radical (unpaired) electrons. The Morgan fingerprint density at radius 2 is 1.95 bits per heavy atom. The molecule has 114 valence electrons. The van der Waals surface area contributed by atoms with Crippen molar-refractivity contribution in [2.75, 3.05) is 20.2 Å². The molecule has 2 amide bonds. The van der Waals surface area contributed by atoms with E-state index in [9.17, 15) is 9.59 Å². The third-order valence-corrected chi connectivity index (χ3v) is 2.90. The summed E-state index contributed by atoms with van der Waals surface area (Å²) >= 11 is 0. The summed E-state index contributed by atoms with van der Waals surface area (Å²) < 4.78 is 5.16. The van der Waals surface area contributed by atoms with Crippen molar-refractivity contribution in [3.8, 4) is 5.75 Å². The predicted molar refractivity (Wildman–Crippen MR) is 82.7 cm³/mol. The van der Waals surface area contributed by atoms with Crippen molar-refractivity contribution in [1.82, 2.24) is 4.90 Å². The molecule has 0 aromatic heterocycles. The minimum absolute atomic E-state index is 0.0162. The maximum Gasteiger partial charge on any atom is 0.255 e. The minimum Gasteiger partial charge on any atom is -0.484 e. The summed E-state index contributed by atoms with van der Waals surface area (Å²) in [5.41, 5.74) is 5.88. The number of nitrogens with two attached hydrogens (primary N) is 1. The van der Waals surface area contributed by atoms with E-state index in [2.05, 4.69) is 6.92 Å². The Labute approximate surface area is 125 Å². The largest absolute Gasteiger partial charge is 0.484 e. The number of rotatable bonds is 8. The molecule has 0 aliphatic carbocycles. The van der Waals surface area contributed by atoms with Crippen LogP contribution in [0.3, 0.4) is 0 Å². The van der Waals surface area contributed by atoms with Gasteiger partial charge < -0.3 is 15.4 Å². The van der Waals surface area contributed by atoms with Gasteiger partial charge in [0, 0.05) is 19.7 Å². The van der Waals surface area contributed by atoms with Crippen LogP contribution in [0.4, 0.5) is 0 Å². The van der Waals surface area contributed by atoms with E-state index in [1.165, 1.54) is 0 Å². The molecule has 5 nitrogen and oxygen atoms in total. The van der Waals surface area contributed by atoms with E-state index < -0.39 is 5.91 Å². The van der Waals surface area contributed by atoms with E-state index in [0.29, 0.717) is 5.75 Å². The number of carbonyl (C=O) groups excluding carboxylic acids is 2. The van der Waals surface area contributed by atoms with Gasteiger partial charge in [0.15, 0.2) is 6.61 Å². The number of unbranched alkanes of at least 4 members (excludes halogenated alkanes) is 1. The number of benzene rings is 1. The van der Waals surface area contributed by atoms with E-state index in [4.69, 9.17) is 10.5 Å². The fraction of sp³-hybridized carbons (Fsp3) is 0.375. The standard InChI is InChI=1S/C16H22N2O3/c1-3-4-11-18(2)16(20)10-7-13-5-8-14(9-6-13)21-12-15(17)19/h5-10H,3-4,11-12H2,1-2H3,(H2,17,19)/b10-7-. The Morgan fingerprint density at radius 3 is 2.52 bits per heavy atom. The van der Waals surface area contributed by atoms with Crippen LogP contribution in [0.25, 0.3) is 6.08 Å². The second-order valence-corrected chi connectivity index (χ2v) is 4.77. The molecule has 0 aliphatic heterocycles. The van der Waals surface area contributed by atoms with Crippen molar-refractivity contribution in [3.63, 3.8) is 0 Å². The Bertz CT molecular complexity index is 495. The summed E-state index contributed by atoms with van der Waals surface area (Å²) in [6.45, 7) is 2.71. The van der Waals surface area contributed by atoms with Gasteiger partial charge in [-0.1, -0.05) is 25.5 Å². The van der Waals surface area contributed by atoms with E-state index in [-0.39, 0.29) is 12.5 Å². The molecule has 21 heavy (non-hydrogen) atoms. The maximum absolute atomic E-state index is 11.8. The average Bonchev–Trinajstić information content (AvgIpc) is 2.49. The maximum atomic E-state index is 11.8. The van der Waals surface area contributed by atoms with E-state index in [1.54, 1.807) is 36.2 Å². The number of nitrogens with zero attached hydrogens (tertiary/aromatic N) is 1. The Hall–Kier alpha value is -2.30. The fourth-order valence-electron chi connectivity index (χ4n) is 1.63. The van der Waals surface area contributed by atoms with Gasteiger partial charge in [-0.25, -0.2) is 0 Å². The molecular formula is C16H22N2O3. The van der Waals surface area contributed by atoms with Gasteiger partial charge in [0.2, 0.25) is 5.91 Å². The molecule has 0 spiro atoms. The molecule has 0 unspecified atom stereocenters. The quantitative estimate of drug-likeness (QED) is 0.742. The lowest BCUT2D eigenvalue weighted by Gasteiger charge is -2.13. The molecule has 1 rings (SSSR count). The van der Waals surface area contributed by atoms with Crippen molar-refractivity contribution in [3.05, 3.63) is 35.9 Å². The normalized spacial score (nSPS) is 10.6. The third-order valence-electron chi connectivity index (χ3n) is 2.90. The summed E-state index contributed by atoms with van der Waals surface area (Å²) in [7, 11) is 1.79. The first-order chi connectivity index (χ1) is 10.0. The van der Waals surface area contributed by atoms with Crippen molar-refractivity contribution in [1.29, 1.82) is 0 Å². The predicted octanol–water partition coefficient (Wildman–Crippen LogP) is 1.82. The van der Waals surface area contributed by atoms with Gasteiger partial charge in [-0.15, -0.1) is 0 Å². The number of likely N-dealkylation sites (N-methyl/N-ethyl adjacent to an activating group) is 1. The lowest BCUT2D eigenvalue weighted by molar-refractivity contribution is -0.124. The molecule has 2 N–H and O–H groups in total. The van der Waals surface area contributed by atoms with Crippen LogP contribution in [0.2, 0.25) is 0 Å². The highest BCUT2D eigenvalue weighted by atomic mass is 16.5. The van der Waals surface area contributed by atoms with Gasteiger partial charge >= 0.3 is 0 Å². The van der Waals surface area contributed by atoms with Gasteiger partial charge in [-0.05, 0) is 30.2 Å². The number of amides is 2. The van der Waals surface area contributed by atoms with Crippen LogP contribution < -0.4 is 10.5 Å². The lowest BCUT2D eigenvalue weighted by Crippen LogP contribution is -2.25. The lowest BCUT2D eigenvalue weighted by atomic mass is 10.2. The summed E-state index contributed by atoms with van der Waals surface area (Å²) in [6, 6.07) is 7.08. The van der Waals surface area contributed by atoms with Gasteiger partial charge in [-0.3, -0.25) is 9.59 Å².